The van der Waals surface area contributed by atoms with E-state index in [2.05, 4.69) is 10.1 Å². The van der Waals surface area contributed by atoms with Gasteiger partial charge in [-0.25, -0.2) is 13.6 Å². The Balaban J connectivity index is 2.22. The molecule has 3 rings (SSSR count). The van der Waals surface area contributed by atoms with Crippen molar-refractivity contribution < 1.29 is 23.4 Å². The molecule has 134 valence electrons. The molecule has 0 amide bonds. The normalized spacial score (nSPS) is 17.7. The number of pyridine rings is 1. The number of nitrogens with one attached hydrogen (secondary N) is 1. The summed E-state index contributed by atoms with van der Waals surface area (Å²) in [6.45, 7) is 3.21. The SMILES string of the molecule is CC1CN(c2c(F)cc3c(=O)c(OC(=O)O)cn(N)c3c2F)CCN1. The highest BCUT2D eigenvalue weighted by molar-refractivity contribution is 5.85. The molecule has 1 aliphatic heterocycles. The van der Waals surface area contributed by atoms with Gasteiger partial charge in [-0.3, -0.25) is 9.47 Å². The lowest BCUT2D eigenvalue weighted by atomic mass is 10.1. The van der Waals surface area contributed by atoms with E-state index in [4.69, 9.17) is 10.9 Å². The fourth-order valence-electron chi connectivity index (χ4n) is 3.00. The Morgan fingerprint density at radius 3 is 2.84 bits per heavy atom. The van der Waals surface area contributed by atoms with E-state index in [1.807, 2.05) is 6.92 Å². The number of ether oxygens (including phenoxy) is 1. The van der Waals surface area contributed by atoms with Crippen LogP contribution in [0.4, 0.5) is 19.3 Å². The molecule has 1 unspecified atom stereocenters. The second-order valence-corrected chi connectivity index (χ2v) is 5.82. The van der Waals surface area contributed by atoms with E-state index in [1.54, 1.807) is 0 Å². The molecular formula is C15H16F2N4O4. The standard InChI is InChI=1S/C15H16F2N4O4/c1-7-5-20(3-2-19-7)13-9(16)4-8-12(11(13)17)21(18)6-10(14(8)22)25-15(23)24/h4,6-7,19H,2-3,5,18H2,1H3,(H,23,24). The molecule has 0 saturated carbocycles. The largest absolute Gasteiger partial charge is 0.511 e. The van der Waals surface area contributed by atoms with Crippen molar-refractivity contribution in [2.24, 2.45) is 0 Å². The number of hydrogen-bond donors (Lipinski definition) is 3. The summed E-state index contributed by atoms with van der Waals surface area (Å²) in [5.74, 6) is 3.15. The Hall–Kier alpha value is -2.88. The first-order valence-corrected chi connectivity index (χ1v) is 7.51. The number of carbonyl (C=O) groups is 1. The van der Waals surface area contributed by atoms with E-state index in [1.165, 1.54) is 4.90 Å². The van der Waals surface area contributed by atoms with Gasteiger partial charge < -0.3 is 25.9 Å². The van der Waals surface area contributed by atoms with Gasteiger partial charge in [-0.1, -0.05) is 0 Å². The van der Waals surface area contributed by atoms with E-state index < -0.39 is 34.4 Å². The molecule has 4 N–H and O–H groups in total. The minimum atomic E-state index is -1.73. The smallest absolute Gasteiger partial charge is 0.449 e. The first-order chi connectivity index (χ1) is 11.8. The van der Waals surface area contributed by atoms with Crippen LogP contribution in [0.3, 0.4) is 0 Å². The molecule has 0 bridgehead atoms. The Labute approximate surface area is 140 Å². The van der Waals surface area contributed by atoms with Gasteiger partial charge in [-0.2, -0.15) is 0 Å². The molecule has 8 nitrogen and oxygen atoms in total. The first-order valence-electron chi connectivity index (χ1n) is 7.51. The zero-order chi connectivity index (χ0) is 18.3. The summed E-state index contributed by atoms with van der Waals surface area (Å²) in [5, 5.41) is 11.4. The summed E-state index contributed by atoms with van der Waals surface area (Å²) in [4.78, 5) is 24.4. The van der Waals surface area contributed by atoms with E-state index in [0.29, 0.717) is 19.6 Å². The lowest BCUT2D eigenvalue weighted by molar-refractivity contribution is 0.144. The third-order valence-corrected chi connectivity index (χ3v) is 4.03. The summed E-state index contributed by atoms with van der Waals surface area (Å²) in [7, 11) is 0. The fourth-order valence-corrected chi connectivity index (χ4v) is 3.00. The van der Waals surface area contributed by atoms with Crippen molar-refractivity contribution in [1.29, 1.82) is 0 Å². The monoisotopic (exact) mass is 354 g/mol. The lowest BCUT2D eigenvalue weighted by Gasteiger charge is -2.34. The van der Waals surface area contributed by atoms with E-state index in [-0.39, 0.29) is 17.2 Å². The summed E-state index contributed by atoms with van der Waals surface area (Å²) in [5.41, 5.74) is -1.56. The van der Waals surface area contributed by atoms with Crippen LogP contribution in [0.2, 0.25) is 0 Å². The summed E-state index contributed by atoms with van der Waals surface area (Å²) in [6, 6.07) is 0.885. The number of fused-ring (bicyclic) bond motifs is 1. The second kappa shape index (κ2) is 6.20. The molecule has 1 aromatic carbocycles. The van der Waals surface area contributed by atoms with Crippen molar-refractivity contribution in [2.75, 3.05) is 30.4 Å². The predicted molar refractivity (Wildman–Crippen MR) is 86.6 cm³/mol. The molecule has 1 saturated heterocycles. The van der Waals surface area contributed by atoms with Gasteiger partial charge in [0.15, 0.2) is 5.82 Å². The van der Waals surface area contributed by atoms with Crippen molar-refractivity contribution in [3.05, 3.63) is 34.1 Å². The number of carboxylic acid groups (broad SMARTS) is 1. The summed E-state index contributed by atoms with van der Waals surface area (Å²) >= 11 is 0. The maximum absolute atomic E-state index is 15.0. The molecule has 1 atom stereocenters. The third-order valence-electron chi connectivity index (χ3n) is 4.03. The number of piperazine rings is 1. The Kier molecular flexibility index (Phi) is 4.21. The number of nitrogens with two attached hydrogens (primary N) is 1. The molecule has 1 aliphatic rings. The average molecular weight is 354 g/mol. The number of nitrogens with zero attached hydrogens (tertiary/aromatic N) is 2. The quantitative estimate of drug-likeness (QED) is 0.542. The van der Waals surface area contributed by atoms with Crippen LogP contribution in [0.25, 0.3) is 10.9 Å². The van der Waals surface area contributed by atoms with Gasteiger partial charge in [0.25, 0.3) is 0 Å². The van der Waals surface area contributed by atoms with Gasteiger partial charge in [0, 0.05) is 25.7 Å². The Bertz CT molecular complexity index is 915. The molecule has 25 heavy (non-hydrogen) atoms. The second-order valence-electron chi connectivity index (χ2n) is 5.82. The highest BCUT2D eigenvalue weighted by Gasteiger charge is 2.26. The van der Waals surface area contributed by atoms with Crippen LogP contribution in [-0.4, -0.2) is 41.6 Å². The number of hydrogen-bond acceptors (Lipinski definition) is 6. The van der Waals surface area contributed by atoms with Crippen molar-refractivity contribution >= 4 is 22.7 Å². The first kappa shape index (κ1) is 17.0. The van der Waals surface area contributed by atoms with Gasteiger partial charge in [-0.05, 0) is 13.0 Å². The molecule has 0 aliphatic carbocycles. The van der Waals surface area contributed by atoms with Crippen molar-refractivity contribution in [3.63, 3.8) is 0 Å². The number of rotatable bonds is 2. The maximum Gasteiger partial charge on any atom is 0.511 e. The third kappa shape index (κ3) is 2.95. The van der Waals surface area contributed by atoms with Crippen molar-refractivity contribution in [2.45, 2.75) is 13.0 Å². The highest BCUT2D eigenvalue weighted by atomic mass is 19.1. The van der Waals surface area contributed by atoms with Crippen LogP contribution in [0.1, 0.15) is 6.92 Å². The van der Waals surface area contributed by atoms with Crippen LogP contribution in [-0.2, 0) is 0 Å². The van der Waals surface area contributed by atoms with Gasteiger partial charge in [0.1, 0.15) is 17.0 Å². The maximum atomic E-state index is 15.0. The molecule has 1 fully saturated rings. The number of nitrogen functional groups attached to an aromatic ring is 1. The molecule has 1 aromatic heterocycles. The van der Waals surface area contributed by atoms with Gasteiger partial charge in [-0.15, -0.1) is 0 Å². The topological polar surface area (TPSA) is 110 Å². The predicted octanol–water partition coefficient (Wildman–Crippen LogP) is 0.848. The average Bonchev–Trinajstić information content (AvgIpc) is 2.51. The number of halogens is 2. The highest BCUT2D eigenvalue weighted by Crippen LogP contribution is 2.30. The van der Waals surface area contributed by atoms with Gasteiger partial charge in [0.2, 0.25) is 11.2 Å². The molecule has 2 aromatic rings. The number of anilines is 1. The zero-order valence-corrected chi connectivity index (χ0v) is 13.3. The van der Waals surface area contributed by atoms with E-state index >= 15 is 0 Å². The molecular weight excluding hydrogens is 338 g/mol. The van der Waals surface area contributed by atoms with Crippen molar-refractivity contribution in [3.8, 4) is 5.75 Å². The summed E-state index contributed by atoms with van der Waals surface area (Å²) < 4.78 is 34.6. The Morgan fingerprint density at radius 1 is 1.48 bits per heavy atom. The van der Waals surface area contributed by atoms with E-state index in [0.717, 1.165) is 16.9 Å². The van der Waals surface area contributed by atoms with Crippen LogP contribution >= 0.6 is 0 Å². The van der Waals surface area contributed by atoms with Gasteiger partial charge >= 0.3 is 6.16 Å². The zero-order valence-electron chi connectivity index (χ0n) is 13.3. The van der Waals surface area contributed by atoms with Crippen LogP contribution in [0.15, 0.2) is 17.1 Å². The lowest BCUT2D eigenvalue weighted by Crippen LogP contribution is -2.49. The van der Waals surface area contributed by atoms with Gasteiger partial charge in [0.05, 0.1) is 11.6 Å². The Morgan fingerprint density at radius 2 is 2.20 bits per heavy atom. The number of benzene rings is 1. The number of aromatic nitrogens is 1. The molecule has 10 heteroatoms. The molecule has 0 radical (unpaired) electrons. The van der Waals surface area contributed by atoms with E-state index in [9.17, 15) is 18.4 Å². The minimum absolute atomic E-state index is 0.0367. The van der Waals surface area contributed by atoms with Crippen LogP contribution in [0, 0.1) is 11.6 Å². The fraction of sp³-hybridized carbons (Fsp3) is 0.333. The van der Waals surface area contributed by atoms with Crippen LogP contribution < -0.4 is 26.2 Å². The molecule has 0 spiro atoms. The minimum Gasteiger partial charge on any atom is -0.449 e. The van der Waals surface area contributed by atoms with Crippen LogP contribution in [0.5, 0.6) is 5.75 Å². The molecule has 2 heterocycles. The van der Waals surface area contributed by atoms with Crippen molar-refractivity contribution in [1.82, 2.24) is 9.99 Å². The summed E-state index contributed by atoms with van der Waals surface area (Å²) in [6.07, 6.45) is -0.881.